The van der Waals surface area contributed by atoms with Crippen LogP contribution in [0.5, 0.6) is 5.75 Å². The number of anilines is 1. The largest absolute Gasteiger partial charge is 0.423 e. The van der Waals surface area contributed by atoms with Gasteiger partial charge in [0, 0.05) is 11.1 Å². The number of rotatable bonds is 5. The summed E-state index contributed by atoms with van der Waals surface area (Å²) >= 11 is 0. The predicted molar refractivity (Wildman–Crippen MR) is 124 cm³/mol. The molecule has 32 heavy (non-hydrogen) atoms. The fraction of sp³-hybridized carbons (Fsp3) is 0. The van der Waals surface area contributed by atoms with Gasteiger partial charge in [0.2, 0.25) is 0 Å². The van der Waals surface area contributed by atoms with E-state index in [4.69, 9.17) is 4.74 Å². The first-order valence-corrected chi connectivity index (χ1v) is 9.92. The molecule has 5 nitrogen and oxygen atoms in total. The monoisotopic (exact) mass is 418 g/mol. The highest BCUT2D eigenvalue weighted by molar-refractivity contribution is 6.12. The number of nitriles is 1. The Labute approximate surface area is 185 Å². The van der Waals surface area contributed by atoms with E-state index in [1.54, 1.807) is 54.6 Å². The number of carbonyl (C=O) groups excluding carboxylic acids is 2. The van der Waals surface area contributed by atoms with Gasteiger partial charge in [-0.2, -0.15) is 5.26 Å². The van der Waals surface area contributed by atoms with E-state index in [0.29, 0.717) is 22.6 Å². The van der Waals surface area contributed by atoms with Crippen LogP contribution in [0.25, 0.3) is 16.8 Å². The molecule has 0 bridgehead atoms. The second-order valence-electron chi connectivity index (χ2n) is 6.98. The molecule has 1 N–H and O–H groups in total. The summed E-state index contributed by atoms with van der Waals surface area (Å²) in [5.74, 6) is -0.584. The molecular weight excluding hydrogens is 400 g/mol. The highest BCUT2D eigenvalue weighted by atomic mass is 16.5. The molecule has 1 amide bonds. The molecule has 0 radical (unpaired) electrons. The quantitative estimate of drug-likeness (QED) is 0.198. The van der Waals surface area contributed by atoms with E-state index < -0.39 is 11.9 Å². The minimum atomic E-state index is -0.497. The summed E-state index contributed by atoms with van der Waals surface area (Å²) in [5, 5.41) is 14.2. The number of nitrogens with one attached hydrogen (secondary N) is 1. The van der Waals surface area contributed by atoms with Crippen LogP contribution in [0, 0.1) is 11.3 Å². The normalized spacial score (nSPS) is 10.9. The first-order chi connectivity index (χ1) is 15.6. The SMILES string of the molecule is N#CC(=Cc1ccc(OC(=O)c2ccccc2)cc1)C(=O)Nc1cccc2ccccc12. The fourth-order valence-electron chi connectivity index (χ4n) is 3.21. The maximum Gasteiger partial charge on any atom is 0.343 e. The van der Waals surface area contributed by atoms with Crippen molar-refractivity contribution in [3.63, 3.8) is 0 Å². The molecule has 0 fully saturated rings. The Morgan fingerprint density at radius 2 is 1.50 bits per heavy atom. The maximum atomic E-state index is 12.7. The predicted octanol–water partition coefficient (Wildman–Crippen LogP) is 5.60. The Morgan fingerprint density at radius 3 is 2.25 bits per heavy atom. The van der Waals surface area contributed by atoms with Crippen LogP contribution in [-0.4, -0.2) is 11.9 Å². The van der Waals surface area contributed by atoms with E-state index in [9.17, 15) is 14.9 Å². The van der Waals surface area contributed by atoms with Crippen molar-refractivity contribution in [1.29, 1.82) is 5.26 Å². The van der Waals surface area contributed by atoms with Gasteiger partial charge in [-0.05, 0) is 47.4 Å². The van der Waals surface area contributed by atoms with E-state index in [0.717, 1.165) is 10.8 Å². The van der Waals surface area contributed by atoms with Crippen molar-refractivity contribution in [1.82, 2.24) is 0 Å². The van der Waals surface area contributed by atoms with Crippen molar-refractivity contribution in [2.24, 2.45) is 0 Å². The van der Waals surface area contributed by atoms with Crippen molar-refractivity contribution < 1.29 is 14.3 Å². The van der Waals surface area contributed by atoms with Crippen LogP contribution in [-0.2, 0) is 4.79 Å². The van der Waals surface area contributed by atoms with Gasteiger partial charge in [0.25, 0.3) is 5.91 Å². The van der Waals surface area contributed by atoms with Gasteiger partial charge in [-0.15, -0.1) is 0 Å². The maximum absolute atomic E-state index is 12.7. The first-order valence-electron chi connectivity index (χ1n) is 9.92. The van der Waals surface area contributed by atoms with Gasteiger partial charge in [0.1, 0.15) is 17.4 Å². The fourth-order valence-corrected chi connectivity index (χ4v) is 3.21. The van der Waals surface area contributed by atoms with Gasteiger partial charge in [-0.25, -0.2) is 4.79 Å². The summed E-state index contributed by atoms with van der Waals surface area (Å²) < 4.78 is 5.35. The number of carbonyl (C=O) groups is 2. The molecule has 0 unspecified atom stereocenters. The van der Waals surface area contributed by atoms with Crippen LogP contribution in [0.3, 0.4) is 0 Å². The summed E-state index contributed by atoms with van der Waals surface area (Å²) in [6, 6.07) is 30.5. The highest BCUT2D eigenvalue weighted by Crippen LogP contribution is 2.24. The molecule has 0 aliphatic heterocycles. The Hall–Kier alpha value is -4.69. The molecule has 0 aromatic heterocycles. The zero-order valence-electron chi connectivity index (χ0n) is 17.0. The summed E-state index contributed by atoms with van der Waals surface area (Å²) in [4.78, 5) is 24.8. The van der Waals surface area contributed by atoms with E-state index in [1.165, 1.54) is 6.08 Å². The number of fused-ring (bicyclic) bond motifs is 1. The third-order valence-electron chi connectivity index (χ3n) is 4.81. The molecule has 4 aromatic rings. The number of hydrogen-bond acceptors (Lipinski definition) is 4. The van der Waals surface area contributed by atoms with Crippen LogP contribution in [0.2, 0.25) is 0 Å². The van der Waals surface area contributed by atoms with Gasteiger partial charge in [0.15, 0.2) is 0 Å². The lowest BCUT2D eigenvalue weighted by Crippen LogP contribution is -2.13. The molecule has 5 heteroatoms. The number of nitrogens with zero attached hydrogens (tertiary/aromatic N) is 1. The average Bonchev–Trinajstić information content (AvgIpc) is 2.84. The van der Waals surface area contributed by atoms with Gasteiger partial charge in [0.05, 0.1) is 5.56 Å². The summed E-state index contributed by atoms with van der Waals surface area (Å²) in [6.07, 6.45) is 1.49. The Balaban J connectivity index is 1.48. The van der Waals surface area contributed by atoms with E-state index >= 15 is 0 Å². The molecule has 0 saturated carbocycles. The second kappa shape index (κ2) is 9.41. The molecule has 0 aliphatic carbocycles. The smallest absolute Gasteiger partial charge is 0.343 e. The van der Waals surface area contributed by atoms with Crippen molar-refractivity contribution >= 4 is 34.4 Å². The lowest BCUT2D eigenvalue weighted by atomic mass is 10.1. The van der Waals surface area contributed by atoms with Gasteiger partial charge in [-0.1, -0.05) is 66.7 Å². The average molecular weight is 418 g/mol. The molecular formula is C27H18N2O3. The van der Waals surface area contributed by atoms with Gasteiger partial charge >= 0.3 is 5.97 Å². The van der Waals surface area contributed by atoms with E-state index in [1.807, 2.05) is 48.5 Å². The first kappa shape index (κ1) is 20.6. The lowest BCUT2D eigenvalue weighted by molar-refractivity contribution is -0.112. The third-order valence-corrected chi connectivity index (χ3v) is 4.81. The molecule has 4 rings (SSSR count). The Morgan fingerprint density at radius 1 is 0.812 bits per heavy atom. The molecule has 0 heterocycles. The summed E-state index contributed by atoms with van der Waals surface area (Å²) in [6.45, 7) is 0. The minimum Gasteiger partial charge on any atom is -0.423 e. The molecule has 0 saturated heterocycles. The molecule has 4 aromatic carbocycles. The standard InChI is InChI=1S/C27H18N2O3/c28-18-22(26(30)29-25-12-6-10-20-7-4-5-11-24(20)25)17-19-13-15-23(16-14-19)32-27(31)21-8-2-1-3-9-21/h1-17H,(H,29,30). The van der Waals surface area contributed by atoms with Crippen LogP contribution >= 0.6 is 0 Å². The zero-order chi connectivity index (χ0) is 22.3. The number of esters is 1. The summed E-state index contributed by atoms with van der Waals surface area (Å²) in [5.41, 5.74) is 1.69. The van der Waals surface area contributed by atoms with Crippen molar-refractivity contribution in [3.8, 4) is 11.8 Å². The van der Waals surface area contributed by atoms with Gasteiger partial charge in [-0.3, -0.25) is 4.79 Å². The lowest BCUT2D eigenvalue weighted by Gasteiger charge is -2.08. The Kier molecular flexibility index (Phi) is 6.05. The Bertz CT molecular complexity index is 1350. The number of benzene rings is 4. The minimum absolute atomic E-state index is 0.0352. The van der Waals surface area contributed by atoms with Gasteiger partial charge < -0.3 is 10.1 Å². The van der Waals surface area contributed by atoms with E-state index in [-0.39, 0.29) is 5.57 Å². The molecule has 0 atom stereocenters. The van der Waals surface area contributed by atoms with Crippen molar-refractivity contribution in [3.05, 3.63) is 114 Å². The molecule has 154 valence electrons. The van der Waals surface area contributed by atoms with Crippen molar-refractivity contribution in [2.45, 2.75) is 0 Å². The summed E-state index contributed by atoms with van der Waals surface area (Å²) in [7, 11) is 0. The second-order valence-corrected chi connectivity index (χ2v) is 6.98. The third kappa shape index (κ3) is 4.72. The number of ether oxygens (including phenoxy) is 1. The molecule has 0 spiro atoms. The number of amides is 1. The van der Waals surface area contributed by atoms with E-state index in [2.05, 4.69) is 5.32 Å². The highest BCUT2D eigenvalue weighted by Gasteiger charge is 2.12. The molecule has 0 aliphatic rings. The zero-order valence-corrected chi connectivity index (χ0v) is 17.0. The van der Waals surface area contributed by atoms with Crippen LogP contribution in [0.15, 0.2) is 103 Å². The number of hydrogen-bond donors (Lipinski definition) is 1. The van der Waals surface area contributed by atoms with Crippen molar-refractivity contribution in [2.75, 3.05) is 5.32 Å². The topological polar surface area (TPSA) is 79.2 Å². The van der Waals surface area contributed by atoms with Crippen LogP contribution in [0.1, 0.15) is 15.9 Å². The van der Waals surface area contributed by atoms with Crippen LogP contribution in [0.4, 0.5) is 5.69 Å². The van der Waals surface area contributed by atoms with Crippen LogP contribution < -0.4 is 10.1 Å².